The van der Waals surface area contributed by atoms with Gasteiger partial charge in [0.2, 0.25) is 0 Å². The van der Waals surface area contributed by atoms with Crippen LogP contribution in [0.4, 0.5) is 5.82 Å². The summed E-state index contributed by atoms with van der Waals surface area (Å²) in [5.41, 5.74) is 9.65. The van der Waals surface area contributed by atoms with Crippen molar-refractivity contribution in [3.05, 3.63) is 69.5 Å². The fourth-order valence-electron chi connectivity index (χ4n) is 2.19. The monoisotopic (exact) mass is 313 g/mol. The van der Waals surface area contributed by atoms with Crippen molar-refractivity contribution < 1.29 is 0 Å². The first kappa shape index (κ1) is 13.8. The Morgan fingerprint density at radius 2 is 2.10 bits per heavy atom. The Labute approximate surface area is 131 Å². The molecule has 1 aromatic carbocycles. The topological polar surface area (TPSA) is 62.8 Å². The average molecular weight is 314 g/mol. The van der Waals surface area contributed by atoms with Crippen molar-refractivity contribution >= 4 is 34.5 Å². The van der Waals surface area contributed by atoms with Crippen LogP contribution in [-0.4, -0.2) is 10.7 Å². The first-order valence-electron chi connectivity index (χ1n) is 6.28. The van der Waals surface area contributed by atoms with Crippen molar-refractivity contribution in [2.45, 2.75) is 0 Å². The van der Waals surface area contributed by atoms with Crippen LogP contribution < -0.4 is 5.73 Å². The van der Waals surface area contributed by atoms with Crippen LogP contribution in [0.15, 0.2) is 53.4 Å². The number of anilines is 1. The highest BCUT2D eigenvalue weighted by Gasteiger charge is 2.16. The van der Waals surface area contributed by atoms with Crippen molar-refractivity contribution in [2.75, 3.05) is 5.73 Å². The Morgan fingerprint density at radius 3 is 2.81 bits per heavy atom. The molecule has 0 unspecified atom stereocenters. The molecule has 3 rings (SSSR count). The van der Waals surface area contributed by atoms with Gasteiger partial charge in [0.1, 0.15) is 5.82 Å². The highest BCUT2D eigenvalue weighted by atomic mass is 35.5. The highest BCUT2D eigenvalue weighted by molar-refractivity contribution is 7.08. The van der Waals surface area contributed by atoms with Crippen LogP contribution in [0.5, 0.6) is 0 Å². The molecule has 0 saturated carbocycles. The summed E-state index contributed by atoms with van der Waals surface area (Å²) in [6.45, 7) is 0. The van der Waals surface area contributed by atoms with Crippen LogP contribution in [0.2, 0.25) is 5.02 Å². The Kier molecular flexibility index (Phi) is 3.73. The number of rotatable bonds is 3. The first-order chi connectivity index (χ1) is 10.2. The quantitative estimate of drug-likeness (QED) is 0.701. The van der Waals surface area contributed by atoms with E-state index in [2.05, 4.69) is 4.98 Å². The van der Waals surface area contributed by atoms with Crippen molar-refractivity contribution in [1.82, 2.24) is 4.98 Å². The molecule has 0 aliphatic heterocycles. The summed E-state index contributed by atoms with van der Waals surface area (Å²) in [6.07, 6.45) is 1.66. The van der Waals surface area contributed by atoms with Gasteiger partial charge in [0.15, 0.2) is 0 Å². The summed E-state index contributed by atoms with van der Waals surface area (Å²) in [6, 6.07) is 11.1. The van der Waals surface area contributed by atoms with E-state index in [9.17, 15) is 0 Å². The molecule has 104 valence electrons. The summed E-state index contributed by atoms with van der Waals surface area (Å²) in [4.78, 5) is 4.13. The molecule has 5 heteroatoms. The third-order valence-corrected chi connectivity index (χ3v) is 4.09. The molecule has 0 radical (unpaired) electrons. The number of pyridine rings is 1. The minimum absolute atomic E-state index is 0.323. The highest BCUT2D eigenvalue weighted by Crippen LogP contribution is 2.30. The van der Waals surface area contributed by atoms with Crippen LogP contribution >= 0.6 is 22.9 Å². The van der Waals surface area contributed by atoms with E-state index in [1.54, 1.807) is 29.7 Å². The summed E-state index contributed by atoms with van der Waals surface area (Å²) in [5.74, 6) is 0.351. The van der Waals surface area contributed by atoms with Gasteiger partial charge < -0.3 is 5.73 Å². The number of nitrogens with one attached hydrogen (secondary N) is 1. The molecule has 0 saturated heterocycles. The zero-order chi connectivity index (χ0) is 14.8. The number of hydrogen-bond acceptors (Lipinski definition) is 4. The van der Waals surface area contributed by atoms with Crippen molar-refractivity contribution in [2.24, 2.45) is 0 Å². The molecule has 0 amide bonds. The van der Waals surface area contributed by atoms with Gasteiger partial charge >= 0.3 is 0 Å². The lowest BCUT2D eigenvalue weighted by Gasteiger charge is -2.12. The van der Waals surface area contributed by atoms with Gasteiger partial charge in [0, 0.05) is 16.8 Å². The number of hydrogen-bond donors (Lipinski definition) is 2. The van der Waals surface area contributed by atoms with E-state index in [0.717, 1.165) is 16.7 Å². The standard InChI is InChI=1S/C16H12ClN3S/c17-12-3-1-2-10(8-12)15(18)14-13(4-6-20-16(14)19)11-5-7-21-9-11/h1-9,18H,(H2,19,20). The number of nitrogens with zero attached hydrogens (tertiary/aromatic N) is 1. The number of halogens is 1. The predicted octanol–water partition coefficient (Wildman–Crippen LogP) is 4.46. The third kappa shape index (κ3) is 2.68. The van der Waals surface area contributed by atoms with Crippen LogP contribution in [0.25, 0.3) is 11.1 Å². The number of nitrogen functional groups attached to an aromatic ring is 1. The van der Waals surface area contributed by atoms with Gasteiger partial charge in [-0.1, -0.05) is 23.7 Å². The maximum atomic E-state index is 8.48. The Bertz CT molecular complexity index is 797. The second-order valence-electron chi connectivity index (χ2n) is 4.52. The summed E-state index contributed by atoms with van der Waals surface area (Å²) >= 11 is 7.62. The molecule has 3 nitrogen and oxygen atoms in total. The first-order valence-corrected chi connectivity index (χ1v) is 7.61. The maximum absolute atomic E-state index is 8.48. The molecule has 0 atom stereocenters. The molecule has 2 heterocycles. The van der Waals surface area contributed by atoms with Crippen molar-refractivity contribution in [1.29, 1.82) is 5.41 Å². The van der Waals surface area contributed by atoms with Crippen LogP contribution in [0, 0.1) is 5.41 Å². The van der Waals surface area contributed by atoms with Crippen LogP contribution in [-0.2, 0) is 0 Å². The van der Waals surface area contributed by atoms with E-state index in [0.29, 0.717) is 22.1 Å². The summed E-state index contributed by atoms with van der Waals surface area (Å²) in [5, 5.41) is 13.1. The van der Waals surface area contributed by atoms with Crippen molar-refractivity contribution in [3.8, 4) is 11.1 Å². The molecule has 21 heavy (non-hydrogen) atoms. The predicted molar refractivity (Wildman–Crippen MR) is 89.3 cm³/mol. The van der Waals surface area contributed by atoms with Gasteiger partial charge in [0.05, 0.1) is 11.3 Å². The molecule has 0 spiro atoms. The lowest BCUT2D eigenvalue weighted by atomic mass is 9.95. The fraction of sp³-hybridized carbons (Fsp3) is 0. The van der Waals surface area contributed by atoms with Crippen LogP contribution in [0.1, 0.15) is 11.1 Å². The number of aromatic nitrogens is 1. The molecule has 3 aromatic rings. The maximum Gasteiger partial charge on any atom is 0.133 e. The molecule has 0 aliphatic rings. The second-order valence-corrected chi connectivity index (χ2v) is 5.73. The van der Waals surface area contributed by atoms with E-state index in [4.69, 9.17) is 22.7 Å². The van der Waals surface area contributed by atoms with E-state index in [1.807, 2.05) is 35.0 Å². The molecule has 0 aliphatic carbocycles. The van der Waals surface area contributed by atoms with Gasteiger partial charge in [0.25, 0.3) is 0 Å². The number of benzene rings is 1. The van der Waals surface area contributed by atoms with Crippen molar-refractivity contribution in [3.63, 3.8) is 0 Å². The second kappa shape index (κ2) is 5.68. The number of thiophene rings is 1. The fourth-order valence-corrected chi connectivity index (χ4v) is 3.03. The smallest absolute Gasteiger partial charge is 0.133 e. The average Bonchev–Trinajstić information content (AvgIpc) is 3.00. The Balaban J connectivity index is 2.16. The van der Waals surface area contributed by atoms with E-state index >= 15 is 0 Å². The zero-order valence-electron chi connectivity index (χ0n) is 11.0. The third-order valence-electron chi connectivity index (χ3n) is 3.18. The minimum atomic E-state index is 0.323. The Morgan fingerprint density at radius 1 is 1.24 bits per heavy atom. The van der Waals surface area contributed by atoms with Gasteiger partial charge in [-0.25, -0.2) is 4.98 Å². The van der Waals surface area contributed by atoms with Gasteiger partial charge in [-0.15, -0.1) is 0 Å². The van der Waals surface area contributed by atoms with Gasteiger partial charge in [-0.3, -0.25) is 5.41 Å². The molecular weight excluding hydrogens is 302 g/mol. The van der Waals surface area contributed by atoms with E-state index < -0.39 is 0 Å². The van der Waals surface area contributed by atoms with E-state index in [1.165, 1.54) is 0 Å². The van der Waals surface area contributed by atoms with E-state index in [-0.39, 0.29) is 0 Å². The number of nitrogens with two attached hydrogens (primary N) is 1. The molecule has 0 bridgehead atoms. The SMILES string of the molecule is N=C(c1cccc(Cl)c1)c1c(-c2ccsc2)ccnc1N. The normalized spacial score (nSPS) is 10.5. The summed E-state index contributed by atoms with van der Waals surface area (Å²) in [7, 11) is 0. The molecule has 2 aromatic heterocycles. The van der Waals surface area contributed by atoms with Crippen LogP contribution in [0.3, 0.4) is 0 Å². The zero-order valence-corrected chi connectivity index (χ0v) is 12.6. The largest absolute Gasteiger partial charge is 0.383 e. The van der Waals surface area contributed by atoms with Gasteiger partial charge in [-0.2, -0.15) is 11.3 Å². The lowest BCUT2D eigenvalue weighted by molar-refractivity contribution is 1.31. The summed E-state index contributed by atoms with van der Waals surface area (Å²) < 4.78 is 0. The Hall–Kier alpha value is -2.17. The lowest BCUT2D eigenvalue weighted by Crippen LogP contribution is -2.09. The molecular formula is C16H12ClN3S. The molecule has 3 N–H and O–H groups in total. The minimum Gasteiger partial charge on any atom is -0.383 e. The molecule has 0 fully saturated rings. The van der Waals surface area contributed by atoms with Gasteiger partial charge in [-0.05, 0) is 46.2 Å².